The number of amides is 4. The predicted octanol–water partition coefficient (Wildman–Crippen LogP) is 5.91. The van der Waals surface area contributed by atoms with Gasteiger partial charge in [0.1, 0.15) is 10.7 Å². The van der Waals surface area contributed by atoms with Gasteiger partial charge in [-0.2, -0.15) is 0 Å². The molecule has 0 unspecified atom stereocenters. The zero-order valence-electron chi connectivity index (χ0n) is 23.5. The molecule has 4 amide bonds. The summed E-state index contributed by atoms with van der Waals surface area (Å²) in [6.45, 7) is 8.66. The molecule has 3 aromatic rings. The minimum absolute atomic E-state index is 0.168. The molecule has 3 heterocycles. The molecule has 14 heteroatoms. The van der Waals surface area contributed by atoms with Gasteiger partial charge in [-0.25, -0.2) is 9.78 Å². The van der Waals surface area contributed by atoms with E-state index in [-0.39, 0.29) is 28.0 Å². The number of anilines is 3. The van der Waals surface area contributed by atoms with Crippen molar-refractivity contribution >= 4 is 81.2 Å². The largest absolute Gasteiger partial charge is 0.367 e. The monoisotopic (exact) mass is 651 g/mol. The van der Waals surface area contributed by atoms with Crippen LogP contribution in [-0.4, -0.2) is 78.9 Å². The van der Waals surface area contributed by atoms with Crippen molar-refractivity contribution < 1.29 is 14.4 Å². The Balaban J connectivity index is 1.65. The van der Waals surface area contributed by atoms with Crippen molar-refractivity contribution in [1.29, 1.82) is 0 Å². The molecule has 1 fully saturated rings. The summed E-state index contributed by atoms with van der Waals surface area (Å²) in [6.07, 6.45) is 1.43. The van der Waals surface area contributed by atoms with Crippen LogP contribution in [0.25, 0.3) is 0 Å². The zero-order chi connectivity index (χ0) is 30.4. The topological polar surface area (TPSA) is 110 Å². The van der Waals surface area contributed by atoms with Crippen molar-refractivity contribution in [2.45, 2.75) is 20.4 Å². The van der Waals surface area contributed by atoms with E-state index in [1.54, 1.807) is 30.6 Å². The van der Waals surface area contributed by atoms with Crippen molar-refractivity contribution in [3.63, 3.8) is 0 Å². The number of piperazine rings is 1. The van der Waals surface area contributed by atoms with E-state index in [0.717, 1.165) is 31.0 Å². The Morgan fingerprint density at radius 2 is 1.74 bits per heavy atom. The molecule has 0 atom stereocenters. The number of hydrogen-bond acceptors (Lipinski definition) is 7. The lowest BCUT2D eigenvalue weighted by Crippen LogP contribution is -2.46. The van der Waals surface area contributed by atoms with Gasteiger partial charge in [-0.15, -0.1) is 11.3 Å². The number of likely N-dealkylation sites (N-methyl/N-ethyl adjacent to an activating group) is 1. The van der Waals surface area contributed by atoms with Crippen LogP contribution in [0.15, 0.2) is 35.8 Å². The first-order valence-electron chi connectivity index (χ1n) is 13.4. The Morgan fingerprint density at radius 1 is 1.00 bits per heavy atom. The number of carbonyl (C=O) groups excluding carboxylic acids is 3. The molecular weight excluding hydrogens is 621 g/mol. The van der Waals surface area contributed by atoms with E-state index in [2.05, 4.69) is 37.7 Å². The number of urea groups is 1. The van der Waals surface area contributed by atoms with Crippen LogP contribution in [0.1, 0.15) is 39.4 Å². The maximum Gasteiger partial charge on any atom is 0.317 e. The molecule has 1 aliphatic heterocycles. The molecule has 0 spiro atoms. The fourth-order valence-corrected chi connectivity index (χ4v) is 5.95. The SMILES string of the molecule is CCN1CCN(c2cc(Cl)cc(C(=O)Nc3ccc(Cl)cn3)c2NC(=O)c2scc(CNC(=O)N(C)CC)c2Cl)CC1. The van der Waals surface area contributed by atoms with Gasteiger partial charge in [0.25, 0.3) is 11.8 Å². The van der Waals surface area contributed by atoms with E-state index in [4.69, 9.17) is 34.8 Å². The molecule has 224 valence electrons. The third-order valence-corrected chi connectivity index (χ3v) is 8.97. The van der Waals surface area contributed by atoms with Gasteiger partial charge in [0.15, 0.2) is 0 Å². The molecule has 4 rings (SSSR count). The quantitative estimate of drug-likeness (QED) is 0.265. The standard InChI is InChI=1S/C28H32Cl3N7O3S/c1-4-36(3)28(41)33-14-17-16-42-25(23(17)31)27(40)35-24-20(26(39)34-22-7-6-18(29)15-32-22)12-19(30)13-21(24)38-10-8-37(5-2)9-11-38/h6-7,12-13,15-16H,4-5,8-11,14H2,1-3H3,(H,33,41)(H,35,40)(H,32,34,39). The second kappa shape index (κ2) is 14.4. The van der Waals surface area contributed by atoms with Crippen LogP contribution in [0, 0.1) is 0 Å². The molecule has 1 saturated heterocycles. The lowest BCUT2D eigenvalue weighted by Gasteiger charge is -2.36. The highest BCUT2D eigenvalue weighted by Gasteiger charge is 2.27. The van der Waals surface area contributed by atoms with E-state index in [1.807, 2.05) is 6.92 Å². The van der Waals surface area contributed by atoms with Crippen LogP contribution < -0.4 is 20.9 Å². The fourth-order valence-electron chi connectivity index (χ4n) is 4.36. The smallest absolute Gasteiger partial charge is 0.317 e. The summed E-state index contributed by atoms with van der Waals surface area (Å²) in [5, 5.41) is 11.2. The highest BCUT2D eigenvalue weighted by atomic mass is 35.5. The Bertz CT molecular complexity index is 1440. The first-order valence-corrected chi connectivity index (χ1v) is 15.4. The minimum atomic E-state index is -0.503. The number of benzene rings is 1. The van der Waals surface area contributed by atoms with E-state index >= 15 is 0 Å². The Morgan fingerprint density at radius 3 is 2.38 bits per heavy atom. The van der Waals surface area contributed by atoms with Gasteiger partial charge in [0, 0.05) is 63.1 Å². The Labute approximate surface area is 263 Å². The van der Waals surface area contributed by atoms with Crippen molar-refractivity contribution in [2.24, 2.45) is 0 Å². The lowest BCUT2D eigenvalue weighted by atomic mass is 10.1. The number of thiophene rings is 1. The number of rotatable bonds is 9. The van der Waals surface area contributed by atoms with Gasteiger partial charge in [0.2, 0.25) is 0 Å². The van der Waals surface area contributed by atoms with Crippen LogP contribution in [0.4, 0.5) is 22.0 Å². The van der Waals surface area contributed by atoms with Crippen molar-refractivity contribution in [3.05, 3.63) is 66.9 Å². The zero-order valence-corrected chi connectivity index (χ0v) is 26.6. The highest BCUT2D eigenvalue weighted by Crippen LogP contribution is 2.36. The molecule has 42 heavy (non-hydrogen) atoms. The van der Waals surface area contributed by atoms with Gasteiger partial charge >= 0.3 is 6.03 Å². The Hall–Kier alpha value is -3.09. The number of hydrogen-bond donors (Lipinski definition) is 3. The number of carbonyl (C=O) groups is 3. The average Bonchev–Trinajstić information content (AvgIpc) is 3.37. The fraction of sp³-hybridized carbons (Fsp3) is 0.357. The highest BCUT2D eigenvalue weighted by molar-refractivity contribution is 7.13. The molecule has 2 aromatic heterocycles. The van der Waals surface area contributed by atoms with Crippen molar-refractivity contribution in [1.82, 2.24) is 20.1 Å². The third kappa shape index (κ3) is 7.64. The second-order valence-corrected chi connectivity index (χ2v) is 11.7. The first kappa shape index (κ1) is 31.8. The van der Waals surface area contributed by atoms with E-state index in [0.29, 0.717) is 52.4 Å². The number of nitrogens with zero attached hydrogens (tertiary/aromatic N) is 4. The number of nitrogens with one attached hydrogen (secondary N) is 3. The molecule has 3 N–H and O–H groups in total. The maximum atomic E-state index is 13.6. The van der Waals surface area contributed by atoms with Crippen molar-refractivity contribution in [3.8, 4) is 0 Å². The molecule has 0 radical (unpaired) electrons. The van der Waals surface area contributed by atoms with Gasteiger partial charge in [0.05, 0.1) is 27.0 Å². The van der Waals surface area contributed by atoms with Gasteiger partial charge < -0.3 is 30.7 Å². The van der Waals surface area contributed by atoms with E-state index in [9.17, 15) is 14.4 Å². The van der Waals surface area contributed by atoms with Gasteiger partial charge in [-0.1, -0.05) is 41.7 Å². The molecule has 0 aliphatic carbocycles. The summed E-state index contributed by atoms with van der Waals surface area (Å²) in [7, 11) is 1.69. The summed E-state index contributed by atoms with van der Waals surface area (Å²) in [6, 6.07) is 6.21. The summed E-state index contributed by atoms with van der Waals surface area (Å²) in [4.78, 5) is 49.7. The molecule has 10 nitrogen and oxygen atoms in total. The first-order chi connectivity index (χ1) is 20.1. The van der Waals surface area contributed by atoms with E-state index in [1.165, 1.54) is 17.2 Å². The van der Waals surface area contributed by atoms with E-state index < -0.39 is 11.8 Å². The number of halogens is 3. The lowest BCUT2D eigenvalue weighted by molar-refractivity contribution is 0.102. The third-order valence-electron chi connectivity index (χ3n) is 6.95. The summed E-state index contributed by atoms with van der Waals surface area (Å²) < 4.78 is 0. The predicted molar refractivity (Wildman–Crippen MR) is 171 cm³/mol. The molecule has 0 saturated carbocycles. The summed E-state index contributed by atoms with van der Waals surface area (Å²) >= 11 is 20.2. The molecule has 1 aliphatic rings. The van der Waals surface area contributed by atoms with Crippen molar-refractivity contribution in [2.75, 3.05) is 61.8 Å². The number of pyridine rings is 1. The normalized spacial score (nSPS) is 13.5. The summed E-state index contributed by atoms with van der Waals surface area (Å²) in [5.74, 6) is -0.694. The number of aromatic nitrogens is 1. The molecule has 0 bridgehead atoms. The van der Waals surface area contributed by atoms with Crippen LogP contribution in [0.2, 0.25) is 15.1 Å². The molecule has 1 aromatic carbocycles. The minimum Gasteiger partial charge on any atom is -0.367 e. The average molecular weight is 653 g/mol. The Kier molecular flexibility index (Phi) is 10.9. The van der Waals surface area contributed by atoms with Crippen LogP contribution >= 0.6 is 46.1 Å². The van der Waals surface area contributed by atoms with Crippen LogP contribution in [0.5, 0.6) is 0 Å². The van der Waals surface area contributed by atoms with Crippen LogP contribution in [-0.2, 0) is 6.54 Å². The van der Waals surface area contributed by atoms with Gasteiger partial charge in [-0.3, -0.25) is 9.59 Å². The van der Waals surface area contributed by atoms with Crippen LogP contribution in [0.3, 0.4) is 0 Å². The second-order valence-electron chi connectivity index (χ2n) is 9.62. The summed E-state index contributed by atoms with van der Waals surface area (Å²) in [5.41, 5.74) is 1.72. The maximum absolute atomic E-state index is 13.6. The molecular formula is C28H32Cl3N7O3S. The van der Waals surface area contributed by atoms with Gasteiger partial charge in [-0.05, 0) is 43.1 Å².